The average molecular weight is 203 g/mol. The lowest BCUT2D eigenvalue weighted by Gasteiger charge is -1.94. The molecular weight excluding hydrogens is 194 g/mol. The minimum Gasteiger partial charge on any atom is -0.307 e. The number of rotatable bonds is 2. The largest absolute Gasteiger partial charge is 0.307 e. The molecule has 6 nitrogen and oxygen atoms in total. The zero-order chi connectivity index (χ0) is 10.7. The van der Waals surface area contributed by atoms with Crippen LogP contribution in [0.4, 0.5) is 5.95 Å². The van der Waals surface area contributed by atoms with Crippen LogP contribution in [0.5, 0.6) is 0 Å². The minimum atomic E-state index is -0.188. The molecule has 2 aromatic rings. The lowest BCUT2D eigenvalue weighted by molar-refractivity contribution is -0.114. The summed E-state index contributed by atoms with van der Waals surface area (Å²) in [6, 6.07) is 3.61. The average Bonchev–Trinajstić information content (AvgIpc) is 2.67. The molecule has 0 unspecified atom stereocenters. The van der Waals surface area contributed by atoms with Gasteiger partial charge in [0.05, 0.1) is 0 Å². The predicted octanol–water partition coefficient (Wildman–Crippen LogP) is 0.825. The third kappa shape index (κ3) is 2.16. The second kappa shape index (κ2) is 3.87. The van der Waals surface area contributed by atoms with E-state index >= 15 is 0 Å². The number of nitrogens with zero attached hydrogens (tertiary/aromatic N) is 3. The number of carbonyl (C=O) groups excluding carboxylic acids is 1. The number of hydrogen-bond donors (Lipinski definition) is 2. The summed E-state index contributed by atoms with van der Waals surface area (Å²) in [5.41, 5.74) is 0.870. The Morgan fingerprint density at radius 3 is 2.73 bits per heavy atom. The molecule has 0 aliphatic rings. The molecule has 1 amide bonds. The molecule has 0 bridgehead atoms. The molecular formula is C9H9N5O. The van der Waals surface area contributed by atoms with Crippen molar-refractivity contribution in [2.24, 2.45) is 0 Å². The molecule has 2 aromatic heterocycles. The van der Waals surface area contributed by atoms with Crippen LogP contribution in [0.15, 0.2) is 24.5 Å². The van der Waals surface area contributed by atoms with Crippen molar-refractivity contribution in [3.05, 3.63) is 24.5 Å². The SMILES string of the molecule is CC(=O)Nc1nnc(-c2ccncc2)[nH]1. The molecule has 6 heteroatoms. The van der Waals surface area contributed by atoms with Crippen LogP contribution in [-0.4, -0.2) is 26.1 Å². The van der Waals surface area contributed by atoms with E-state index in [4.69, 9.17) is 0 Å². The number of anilines is 1. The zero-order valence-corrected chi connectivity index (χ0v) is 8.06. The number of nitrogens with one attached hydrogen (secondary N) is 2. The molecule has 0 saturated heterocycles. The van der Waals surface area contributed by atoms with Gasteiger partial charge in [-0.2, -0.15) is 0 Å². The van der Waals surface area contributed by atoms with Gasteiger partial charge in [-0.3, -0.25) is 15.1 Å². The van der Waals surface area contributed by atoms with Gasteiger partial charge in [-0.1, -0.05) is 0 Å². The van der Waals surface area contributed by atoms with Crippen LogP contribution in [0, 0.1) is 0 Å². The van der Waals surface area contributed by atoms with Gasteiger partial charge in [-0.15, -0.1) is 10.2 Å². The molecule has 0 radical (unpaired) electrons. The maximum absolute atomic E-state index is 10.8. The Bertz CT molecular complexity index is 464. The maximum atomic E-state index is 10.8. The number of hydrogen-bond acceptors (Lipinski definition) is 4. The van der Waals surface area contributed by atoms with Gasteiger partial charge in [-0.25, -0.2) is 0 Å². The van der Waals surface area contributed by atoms with E-state index in [1.54, 1.807) is 24.5 Å². The molecule has 0 saturated carbocycles. The predicted molar refractivity (Wildman–Crippen MR) is 53.9 cm³/mol. The van der Waals surface area contributed by atoms with Crippen molar-refractivity contribution in [1.29, 1.82) is 0 Å². The Morgan fingerprint density at radius 2 is 2.07 bits per heavy atom. The van der Waals surface area contributed by atoms with Crippen LogP contribution in [0.2, 0.25) is 0 Å². The Hall–Kier alpha value is -2.24. The number of amides is 1. The van der Waals surface area contributed by atoms with Gasteiger partial charge >= 0.3 is 0 Å². The Labute approximate surface area is 85.8 Å². The molecule has 76 valence electrons. The second-order valence-electron chi connectivity index (χ2n) is 2.94. The Kier molecular flexibility index (Phi) is 2.40. The standard InChI is InChI=1S/C9H9N5O/c1-6(15)11-9-12-8(13-14-9)7-2-4-10-5-3-7/h2-5H,1H3,(H2,11,12,13,14,15). The first-order valence-electron chi connectivity index (χ1n) is 4.36. The van der Waals surface area contributed by atoms with Crippen molar-refractivity contribution in [1.82, 2.24) is 20.2 Å². The summed E-state index contributed by atoms with van der Waals surface area (Å²) in [5.74, 6) is 0.753. The van der Waals surface area contributed by atoms with Crippen LogP contribution in [0.1, 0.15) is 6.92 Å². The molecule has 0 aliphatic carbocycles. The number of carbonyl (C=O) groups is 1. The highest BCUT2D eigenvalue weighted by atomic mass is 16.1. The van der Waals surface area contributed by atoms with Crippen molar-refractivity contribution in [3.8, 4) is 11.4 Å². The monoisotopic (exact) mass is 203 g/mol. The maximum Gasteiger partial charge on any atom is 0.228 e. The Balaban J connectivity index is 2.24. The van der Waals surface area contributed by atoms with Crippen LogP contribution in [-0.2, 0) is 4.79 Å². The summed E-state index contributed by atoms with van der Waals surface area (Å²) in [6.07, 6.45) is 3.33. The van der Waals surface area contributed by atoms with Gasteiger partial charge < -0.3 is 4.98 Å². The van der Waals surface area contributed by atoms with Gasteiger partial charge in [0.1, 0.15) is 0 Å². The first-order valence-corrected chi connectivity index (χ1v) is 4.36. The summed E-state index contributed by atoms with van der Waals surface area (Å²) in [7, 11) is 0. The van der Waals surface area contributed by atoms with Gasteiger partial charge in [0.25, 0.3) is 0 Å². The molecule has 2 N–H and O–H groups in total. The molecule has 0 atom stereocenters. The summed E-state index contributed by atoms with van der Waals surface area (Å²) >= 11 is 0. The fraction of sp³-hybridized carbons (Fsp3) is 0.111. The normalized spacial score (nSPS) is 9.93. The smallest absolute Gasteiger partial charge is 0.228 e. The van der Waals surface area contributed by atoms with Crippen LogP contribution >= 0.6 is 0 Å². The van der Waals surface area contributed by atoms with Gasteiger partial charge in [0.15, 0.2) is 5.82 Å². The van der Waals surface area contributed by atoms with Crippen molar-refractivity contribution >= 4 is 11.9 Å². The second-order valence-corrected chi connectivity index (χ2v) is 2.94. The lowest BCUT2D eigenvalue weighted by Crippen LogP contribution is -2.06. The van der Waals surface area contributed by atoms with E-state index in [0.29, 0.717) is 11.8 Å². The zero-order valence-electron chi connectivity index (χ0n) is 8.06. The highest BCUT2D eigenvalue weighted by Gasteiger charge is 2.05. The topological polar surface area (TPSA) is 83.6 Å². The van der Waals surface area contributed by atoms with E-state index in [9.17, 15) is 4.79 Å². The molecule has 15 heavy (non-hydrogen) atoms. The van der Waals surface area contributed by atoms with E-state index < -0.39 is 0 Å². The van der Waals surface area contributed by atoms with E-state index in [1.165, 1.54) is 6.92 Å². The first-order chi connectivity index (χ1) is 7.25. The van der Waals surface area contributed by atoms with E-state index in [-0.39, 0.29) is 5.91 Å². The number of aromatic amines is 1. The third-order valence-corrected chi connectivity index (χ3v) is 1.73. The molecule has 2 rings (SSSR count). The first kappa shape index (κ1) is 9.32. The fourth-order valence-electron chi connectivity index (χ4n) is 1.12. The third-order valence-electron chi connectivity index (χ3n) is 1.73. The number of H-pyrrole nitrogens is 1. The van der Waals surface area contributed by atoms with E-state index in [0.717, 1.165) is 5.56 Å². The van der Waals surface area contributed by atoms with Crippen LogP contribution in [0.25, 0.3) is 11.4 Å². The van der Waals surface area contributed by atoms with Crippen molar-refractivity contribution in [2.75, 3.05) is 5.32 Å². The van der Waals surface area contributed by atoms with E-state index in [2.05, 4.69) is 25.5 Å². The van der Waals surface area contributed by atoms with Crippen molar-refractivity contribution in [3.63, 3.8) is 0 Å². The van der Waals surface area contributed by atoms with E-state index in [1.807, 2.05) is 0 Å². The molecule has 0 fully saturated rings. The molecule has 0 spiro atoms. The number of pyridine rings is 1. The van der Waals surface area contributed by atoms with Crippen LogP contribution in [0.3, 0.4) is 0 Å². The summed E-state index contributed by atoms with van der Waals surface area (Å²) in [5, 5.41) is 10.2. The molecule has 0 aliphatic heterocycles. The number of aromatic nitrogens is 4. The Morgan fingerprint density at radius 1 is 1.33 bits per heavy atom. The molecule has 0 aromatic carbocycles. The minimum absolute atomic E-state index is 0.188. The summed E-state index contributed by atoms with van der Waals surface area (Å²) in [4.78, 5) is 17.5. The van der Waals surface area contributed by atoms with Gasteiger partial charge in [-0.05, 0) is 12.1 Å². The van der Waals surface area contributed by atoms with Crippen LogP contribution < -0.4 is 5.32 Å². The van der Waals surface area contributed by atoms with Gasteiger partial charge in [0.2, 0.25) is 11.9 Å². The highest BCUT2D eigenvalue weighted by Crippen LogP contribution is 2.13. The highest BCUT2D eigenvalue weighted by molar-refractivity contribution is 5.86. The molecule has 2 heterocycles. The van der Waals surface area contributed by atoms with Crippen molar-refractivity contribution < 1.29 is 4.79 Å². The van der Waals surface area contributed by atoms with Crippen molar-refractivity contribution in [2.45, 2.75) is 6.92 Å². The van der Waals surface area contributed by atoms with Gasteiger partial charge in [0, 0.05) is 24.9 Å². The summed E-state index contributed by atoms with van der Waals surface area (Å²) < 4.78 is 0. The quantitative estimate of drug-likeness (QED) is 0.757. The summed E-state index contributed by atoms with van der Waals surface area (Å²) in [6.45, 7) is 1.41. The fourth-order valence-corrected chi connectivity index (χ4v) is 1.12. The lowest BCUT2D eigenvalue weighted by atomic mass is 10.3.